The summed E-state index contributed by atoms with van der Waals surface area (Å²) in [6.07, 6.45) is 5.16. The minimum Gasteiger partial charge on any atom is -0.432 e. The van der Waals surface area contributed by atoms with Crippen LogP contribution in [0.1, 0.15) is 30.2 Å². The Balaban J connectivity index is 1.29. The maximum absolute atomic E-state index is 11.7. The third kappa shape index (κ3) is 3.31. The SMILES string of the molecule is Nc1ncnn2c(C3CCC(COC(=O)OCc4cn[nH]c4)O3)ccc12. The zero-order valence-corrected chi connectivity index (χ0v) is 13.9. The minimum absolute atomic E-state index is 0.112. The van der Waals surface area contributed by atoms with Gasteiger partial charge in [0.05, 0.1) is 18.0 Å². The molecule has 4 heterocycles. The van der Waals surface area contributed by atoms with E-state index in [-0.39, 0.29) is 25.4 Å². The number of nitrogen functional groups attached to an aromatic ring is 1. The first-order valence-electron chi connectivity index (χ1n) is 8.21. The van der Waals surface area contributed by atoms with E-state index in [0.29, 0.717) is 5.82 Å². The van der Waals surface area contributed by atoms with Crippen molar-refractivity contribution < 1.29 is 19.0 Å². The number of fused-ring (bicyclic) bond motifs is 1. The maximum atomic E-state index is 11.7. The number of aromatic nitrogens is 5. The molecule has 1 aliphatic heterocycles. The highest BCUT2D eigenvalue weighted by atomic mass is 16.7. The first kappa shape index (κ1) is 16.3. The van der Waals surface area contributed by atoms with Crippen molar-refractivity contribution in [2.45, 2.75) is 31.7 Å². The number of H-pyrrole nitrogens is 1. The molecule has 0 amide bonds. The Kier molecular flexibility index (Phi) is 4.40. The Morgan fingerprint density at radius 1 is 1.38 bits per heavy atom. The van der Waals surface area contributed by atoms with Gasteiger partial charge in [-0.1, -0.05) is 0 Å². The summed E-state index contributed by atoms with van der Waals surface area (Å²) in [4.78, 5) is 15.6. The molecule has 0 spiro atoms. The molecular formula is C16H18N6O4. The fraction of sp³-hybridized carbons (Fsp3) is 0.375. The fourth-order valence-electron chi connectivity index (χ4n) is 2.96. The summed E-state index contributed by atoms with van der Waals surface area (Å²) in [5.74, 6) is 0.421. The number of nitrogens with two attached hydrogens (primary N) is 1. The van der Waals surface area contributed by atoms with Crippen molar-refractivity contribution in [1.29, 1.82) is 0 Å². The van der Waals surface area contributed by atoms with Gasteiger partial charge in [-0.15, -0.1) is 0 Å². The van der Waals surface area contributed by atoms with Gasteiger partial charge < -0.3 is 19.9 Å². The van der Waals surface area contributed by atoms with Crippen LogP contribution >= 0.6 is 0 Å². The molecule has 1 saturated heterocycles. The molecule has 0 bridgehead atoms. The summed E-state index contributed by atoms with van der Waals surface area (Å²) in [5.41, 5.74) is 8.26. The highest BCUT2D eigenvalue weighted by Gasteiger charge is 2.30. The van der Waals surface area contributed by atoms with Gasteiger partial charge in [0.1, 0.15) is 31.2 Å². The largest absolute Gasteiger partial charge is 0.508 e. The van der Waals surface area contributed by atoms with E-state index in [1.165, 1.54) is 6.33 Å². The van der Waals surface area contributed by atoms with E-state index in [2.05, 4.69) is 20.3 Å². The van der Waals surface area contributed by atoms with Gasteiger partial charge in [0.25, 0.3) is 0 Å². The van der Waals surface area contributed by atoms with Crippen molar-refractivity contribution in [1.82, 2.24) is 24.8 Å². The number of nitrogens with zero attached hydrogens (tertiary/aromatic N) is 4. The van der Waals surface area contributed by atoms with Crippen molar-refractivity contribution in [3.63, 3.8) is 0 Å². The van der Waals surface area contributed by atoms with E-state index >= 15 is 0 Å². The van der Waals surface area contributed by atoms with Crippen LogP contribution in [-0.2, 0) is 20.8 Å². The maximum Gasteiger partial charge on any atom is 0.508 e. The highest BCUT2D eigenvalue weighted by Crippen LogP contribution is 2.33. The van der Waals surface area contributed by atoms with Crippen molar-refractivity contribution in [2.24, 2.45) is 0 Å². The van der Waals surface area contributed by atoms with Crippen LogP contribution in [0.15, 0.2) is 30.9 Å². The van der Waals surface area contributed by atoms with Gasteiger partial charge in [-0.3, -0.25) is 5.10 Å². The lowest BCUT2D eigenvalue weighted by atomic mass is 10.1. The number of ether oxygens (including phenoxy) is 3. The predicted molar refractivity (Wildman–Crippen MR) is 89.0 cm³/mol. The number of hydrogen-bond donors (Lipinski definition) is 2. The summed E-state index contributed by atoms with van der Waals surface area (Å²) < 4.78 is 17.8. The van der Waals surface area contributed by atoms with Crippen molar-refractivity contribution in [2.75, 3.05) is 12.3 Å². The van der Waals surface area contributed by atoms with Crippen LogP contribution in [0, 0.1) is 0 Å². The van der Waals surface area contributed by atoms with E-state index in [1.54, 1.807) is 16.9 Å². The second-order valence-electron chi connectivity index (χ2n) is 5.98. The van der Waals surface area contributed by atoms with Crippen molar-refractivity contribution in [3.8, 4) is 0 Å². The fourth-order valence-corrected chi connectivity index (χ4v) is 2.96. The van der Waals surface area contributed by atoms with Gasteiger partial charge >= 0.3 is 6.16 Å². The predicted octanol–water partition coefficient (Wildman–Crippen LogP) is 1.61. The molecule has 0 saturated carbocycles. The Hall–Kier alpha value is -3.14. The van der Waals surface area contributed by atoms with Gasteiger partial charge in [-0.05, 0) is 25.0 Å². The third-order valence-corrected chi connectivity index (χ3v) is 4.25. The number of carbonyl (C=O) groups excluding carboxylic acids is 1. The highest BCUT2D eigenvalue weighted by molar-refractivity contribution is 5.65. The van der Waals surface area contributed by atoms with Crippen molar-refractivity contribution in [3.05, 3.63) is 42.1 Å². The molecule has 10 nitrogen and oxygen atoms in total. The summed E-state index contributed by atoms with van der Waals surface area (Å²) >= 11 is 0. The van der Waals surface area contributed by atoms with E-state index in [4.69, 9.17) is 19.9 Å². The summed E-state index contributed by atoms with van der Waals surface area (Å²) in [6.45, 7) is 0.252. The average molecular weight is 358 g/mol. The molecule has 2 unspecified atom stereocenters. The molecule has 4 rings (SSSR count). The number of nitrogens with one attached hydrogen (secondary N) is 1. The molecule has 1 fully saturated rings. The molecule has 1 aliphatic rings. The minimum atomic E-state index is -0.730. The standard InChI is InChI=1S/C16H18N6O4/c17-15-13-3-2-12(22(13)21-9-18-15)14-4-1-11(26-14)8-25-16(23)24-7-10-5-19-20-6-10/h2-3,5-6,9,11,14H,1,4,7-8H2,(H,19,20)(H2,17,18,21). The van der Waals surface area contributed by atoms with Gasteiger partial charge in [0, 0.05) is 11.8 Å². The number of aromatic amines is 1. The van der Waals surface area contributed by atoms with E-state index < -0.39 is 6.16 Å². The van der Waals surface area contributed by atoms with Gasteiger partial charge in [-0.25, -0.2) is 14.3 Å². The van der Waals surface area contributed by atoms with E-state index in [9.17, 15) is 4.79 Å². The smallest absolute Gasteiger partial charge is 0.432 e. The number of anilines is 1. The van der Waals surface area contributed by atoms with E-state index in [0.717, 1.165) is 29.6 Å². The molecule has 136 valence electrons. The van der Waals surface area contributed by atoms with Crippen LogP contribution in [0.2, 0.25) is 0 Å². The van der Waals surface area contributed by atoms with Crippen LogP contribution < -0.4 is 5.73 Å². The summed E-state index contributed by atoms with van der Waals surface area (Å²) in [7, 11) is 0. The van der Waals surface area contributed by atoms with Crippen LogP contribution in [0.3, 0.4) is 0 Å². The molecular weight excluding hydrogens is 340 g/mol. The first-order chi connectivity index (χ1) is 12.7. The second-order valence-corrected chi connectivity index (χ2v) is 5.98. The normalized spacial score (nSPS) is 19.7. The molecule has 3 N–H and O–H groups in total. The molecule has 3 aromatic heterocycles. The number of rotatable bonds is 5. The molecule has 0 radical (unpaired) electrons. The quantitative estimate of drug-likeness (QED) is 0.658. The van der Waals surface area contributed by atoms with Gasteiger partial charge in [0.15, 0.2) is 5.82 Å². The molecule has 0 aromatic carbocycles. The van der Waals surface area contributed by atoms with Crippen LogP contribution in [-0.4, -0.2) is 43.7 Å². The summed E-state index contributed by atoms with van der Waals surface area (Å²) in [6, 6.07) is 3.79. The monoisotopic (exact) mass is 358 g/mol. The topological polar surface area (TPSA) is 130 Å². The zero-order valence-electron chi connectivity index (χ0n) is 13.9. The average Bonchev–Trinajstić information content (AvgIpc) is 3.38. The Labute approximate surface area is 148 Å². The molecule has 2 atom stereocenters. The Morgan fingerprint density at radius 3 is 3.15 bits per heavy atom. The van der Waals surface area contributed by atoms with E-state index in [1.807, 2.05) is 12.1 Å². The van der Waals surface area contributed by atoms with Crippen LogP contribution in [0.4, 0.5) is 10.6 Å². The van der Waals surface area contributed by atoms with Crippen molar-refractivity contribution >= 4 is 17.5 Å². The second kappa shape index (κ2) is 7.00. The summed E-state index contributed by atoms with van der Waals surface area (Å²) in [5, 5.41) is 10.6. The first-order valence-corrected chi connectivity index (χ1v) is 8.21. The lowest BCUT2D eigenvalue weighted by Gasteiger charge is -2.14. The number of carbonyl (C=O) groups is 1. The Morgan fingerprint density at radius 2 is 2.31 bits per heavy atom. The van der Waals surface area contributed by atoms with Gasteiger partial charge in [0.2, 0.25) is 0 Å². The molecule has 3 aromatic rings. The third-order valence-electron chi connectivity index (χ3n) is 4.25. The molecule has 0 aliphatic carbocycles. The lowest BCUT2D eigenvalue weighted by molar-refractivity contribution is -0.0190. The van der Waals surface area contributed by atoms with Gasteiger partial charge in [-0.2, -0.15) is 10.2 Å². The lowest BCUT2D eigenvalue weighted by Crippen LogP contribution is -2.19. The number of hydrogen-bond acceptors (Lipinski definition) is 8. The Bertz CT molecular complexity index is 893. The molecule has 10 heteroatoms. The zero-order chi connectivity index (χ0) is 17.9. The molecule has 26 heavy (non-hydrogen) atoms. The van der Waals surface area contributed by atoms with Crippen LogP contribution in [0.5, 0.6) is 0 Å². The van der Waals surface area contributed by atoms with Crippen LogP contribution in [0.25, 0.3) is 5.52 Å².